The van der Waals surface area contributed by atoms with Crippen molar-refractivity contribution in [2.75, 3.05) is 13.2 Å². The Labute approximate surface area is 131 Å². The van der Waals surface area contributed by atoms with Gasteiger partial charge in [-0.3, -0.25) is 4.79 Å². The first kappa shape index (κ1) is 17.7. The monoisotopic (exact) mass is 301 g/mol. The number of ether oxygens (including phenoxy) is 1. The van der Waals surface area contributed by atoms with Crippen LogP contribution in [0.3, 0.4) is 0 Å². The van der Waals surface area contributed by atoms with Gasteiger partial charge in [0.15, 0.2) is 0 Å². The number of hydrogen-bond donors (Lipinski definition) is 1. The van der Waals surface area contributed by atoms with Crippen LogP contribution < -0.4 is 5.32 Å². The van der Waals surface area contributed by atoms with Crippen LogP contribution >= 0.6 is 0 Å². The Morgan fingerprint density at radius 2 is 1.91 bits per heavy atom. The van der Waals surface area contributed by atoms with E-state index in [1.807, 2.05) is 44.2 Å². The number of allylic oxidation sites excluding steroid dienone is 3. The number of carbonyl (C=O) groups excluding carboxylic acids is 2. The fraction of sp³-hybridized carbons (Fsp3) is 0.333. The van der Waals surface area contributed by atoms with Gasteiger partial charge in [0, 0.05) is 12.5 Å². The summed E-state index contributed by atoms with van der Waals surface area (Å²) in [5, 5.41) is 2.73. The highest BCUT2D eigenvalue weighted by Gasteiger charge is 2.02. The molecular weight excluding hydrogens is 278 g/mol. The number of benzene rings is 1. The minimum atomic E-state index is -0.410. The van der Waals surface area contributed by atoms with Crippen LogP contribution in [-0.4, -0.2) is 25.0 Å². The Hall–Kier alpha value is -2.36. The Balaban J connectivity index is 2.13. The molecule has 0 atom stereocenters. The molecule has 1 rings (SSSR count). The summed E-state index contributed by atoms with van der Waals surface area (Å²) >= 11 is 0. The van der Waals surface area contributed by atoms with E-state index >= 15 is 0 Å². The SMILES string of the molecule is C/C=C/C=C/C(=O)OCCNC(=O)CCc1ccc(C)cc1. The highest BCUT2D eigenvalue weighted by Crippen LogP contribution is 2.05. The van der Waals surface area contributed by atoms with Gasteiger partial charge >= 0.3 is 5.97 Å². The first-order chi connectivity index (χ1) is 10.6. The Kier molecular flexibility index (Phi) is 8.35. The standard InChI is InChI=1S/C18H23NO3/c1-3-4-5-6-18(21)22-14-13-19-17(20)12-11-16-9-7-15(2)8-10-16/h3-10H,11-14H2,1-2H3,(H,19,20)/b4-3+,6-5+. The van der Waals surface area contributed by atoms with E-state index in [2.05, 4.69) is 5.32 Å². The van der Waals surface area contributed by atoms with Gasteiger partial charge in [0.2, 0.25) is 5.91 Å². The molecule has 1 aromatic rings. The third-order valence-corrected chi connectivity index (χ3v) is 2.97. The lowest BCUT2D eigenvalue weighted by atomic mass is 10.1. The predicted molar refractivity (Wildman–Crippen MR) is 87.4 cm³/mol. The molecular formula is C18H23NO3. The molecule has 1 amide bonds. The lowest BCUT2D eigenvalue weighted by Crippen LogP contribution is -2.28. The average Bonchev–Trinajstić information content (AvgIpc) is 2.51. The third kappa shape index (κ3) is 8.04. The molecule has 1 N–H and O–H groups in total. The van der Waals surface area contributed by atoms with E-state index in [4.69, 9.17) is 4.74 Å². The molecule has 0 fully saturated rings. The van der Waals surface area contributed by atoms with Crippen LogP contribution in [0.25, 0.3) is 0 Å². The van der Waals surface area contributed by atoms with Crippen LogP contribution in [0, 0.1) is 6.92 Å². The lowest BCUT2D eigenvalue weighted by Gasteiger charge is -2.06. The zero-order chi connectivity index (χ0) is 16.2. The van der Waals surface area contributed by atoms with Gasteiger partial charge in [-0.2, -0.15) is 0 Å². The average molecular weight is 301 g/mol. The number of nitrogens with one attached hydrogen (secondary N) is 1. The summed E-state index contributed by atoms with van der Waals surface area (Å²) in [4.78, 5) is 22.9. The second-order valence-corrected chi connectivity index (χ2v) is 4.89. The fourth-order valence-corrected chi connectivity index (χ4v) is 1.74. The summed E-state index contributed by atoms with van der Waals surface area (Å²) < 4.78 is 4.94. The van der Waals surface area contributed by atoms with Gasteiger partial charge in [-0.15, -0.1) is 0 Å². The van der Waals surface area contributed by atoms with Gasteiger partial charge in [0.25, 0.3) is 0 Å². The van der Waals surface area contributed by atoms with E-state index in [-0.39, 0.29) is 12.5 Å². The number of rotatable bonds is 8. The largest absolute Gasteiger partial charge is 0.461 e. The third-order valence-electron chi connectivity index (χ3n) is 2.97. The zero-order valence-electron chi connectivity index (χ0n) is 13.2. The van der Waals surface area contributed by atoms with Crippen molar-refractivity contribution in [3.05, 3.63) is 59.7 Å². The number of amides is 1. The molecule has 118 valence electrons. The molecule has 0 bridgehead atoms. The molecule has 0 radical (unpaired) electrons. The fourth-order valence-electron chi connectivity index (χ4n) is 1.74. The Morgan fingerprint density at radius 1 is 1.18 bits per heavy atom. The quantitative estimate of drug-likeness (QED) is 0.348. The number of aryl methyl sites for hydroxylation is 2. The summed E-state index contributed by atoms with van der Waals surface area (Å²) in [6, 6.07) is 8.13. The van der Waals surface area contributed by atoms with E-state index in [1.54, 1.807) is 12.2 Å². The smallest absolute Gasteiger partial charge is 0.330 e. The van der Waals surface area contributed by atoms with Gasteiger partial charge in [-0.25, -0.2) is 4.79 Å². The van der Waals surface area contributed by atoms with Crippen molar-refractivity contribution in [2.45, 2.75) is 26.7 Å². The molecule has 0 aliphatic carbocycles. The minimum Gasteiger partial charge on any atom is -0.461 e. The van der Waals surface area contributed by atoms with Crippen molar-refractivity contribution in [3.8, 4) is 0 Å². The Morgan fingerprint density at radius 3 is 2.59 bits per heavy atom. The van der Waals surface area contributed by atoms with Crippen LogP contribution in [0.5, 0.6) is 0 Å². The van der Waals surface area contributed by atoms with Crippen LogP contribution in [0.15, 0.2) is 48.6 Å². The second kappa shape index (κ2) is 10.4. The maximum Gasteiger partial charge on any atom is 0.330 e. The highest BCUT2D eigenvalue weighted by atomic mass is 16.5. The molecule has 0 heterocycles. The molecule has 0 spiro atoms. The van der Waals surface area contributed by atoms with E-state index < -0.39 is 5.97 Å². The lowest BCUT2D eigenvalue weighted by molar-refractivity contribution is -0.138. The minimum absolute atomic E-state index is 0.0407. The van der Waals surface area contributed by atoms with E-state index in [0.717, 1.165) is 5.56 Å². The van der Waals surface area contributed by atoms with Crippen molar-refractivity contribution in [1.82, 2.24) is 5.32 Å². The van der Waals surface area contributed by atoms with Crippen LogP contribution in [0.1, 0.15) is 24.5 Å². The van der Waals surface area contributed by atoms with E-state index in [1.165, 1.54) is 11.6 Å². The van der Waals surface area contributed by atoms with Crippen LogP contribution in [0.2, 0.25) is 0 Å². The summed E-state index contributed by atoms with van der Waals surface area (Å²) in [6.07, 6.45) is 7.66. The molecule has 1 aromatic carbocycles. The second-order valence-electron chi connectivity index (χ2n) is 4.89. The van der Waals surface area contributed by atoms with Crippen molar-refractivity contribution >= 4 is 11.9 Å². The summed E-state index contributed by atoms with van der Waals surface area (Å²) in [5.41, 5.74) is 2.35. The molecule has 0 aliphatic heterocycles. The van der Waals surface area contributed by atoms with Gasteiger partial charge < -0.3 is 10.1 Å². The molecule has 0 saturated carbocycles. The van der Waals surface area contributed by atoms with Crippen LogP contribution in [0.4, 0.5) is 0 Å². The first-order valence-electron chi connectivity index (χ1n) is 7.40. The van der Waals surface area contributed by atoms with Crippen LogP contribution in [-0.2, 0) is 20.7 Å². The van der Waals surface area contributed by atoms with E-state index in [0.29, 0.717) is 19.4 Å². The highest BCUT2D eigenvalue weighted by molar-refractivity contribution is 5.82. The van der Waals surface area contributed by atoms with Crippen molar-refractivity contribution in [1.29, 1.82) is 0 Å². The topological polar surface area (TPSA) is 55.4 Å². The number of carbonyl (C=O) groups is 2. The predicted octanol–water partition coefficient (Wildman–Crippen LogP) is 2.72. The normalized spacial score (nSPS) is 11.0. The molecule has 4 heteroatoms. The number of hydrogen-bond acceptors (Lipinski definition) is 3. The maximum atomic E-state index is 11.7. The van der Waals surface area contributed by atoms with E-state index in [9.17, 15) is 9.59 Å². The van der Waals surface area contributed by atoms with Gasteiger partial charge in [0.1, 0.15) is 6.61 Å². The molecule has 4 nitrogen and oxygen atoms in total. The van der Waals surface area contributed by atoms with Crippen molar-refractivity contribution < 1.29 is 14.3 Å². The summed E-state index contributed by atoms with van der Waals surface area (Å²) in [5.74, 6) is -0.451. The molecule has 0 aromatic heterocycles. The molecule has 0 saturated heterocycles. The summed E-state index contributed by atoms with van der Waals surface area (Å²) in [6.45, 7) is 4.40. The molecule has 22 heavy (non-hydrogen) atoms. The molecule has 0 unspecified atom stereocenters. The maximum absolute atomic E-state index is 11.7. The first-order valence-corrected chi connectivity index (χ1v) is 7.40. The number of esters is 1. The van der Waals surface area contributed by atoms with Gasteiger partial charge in [0.05, 0.1) is 6.54 Å². The zero-order valence-corrected chi connectivity index (χ0v) is 13.2. The summed E-state index contributed by atoms with van der Waals surface area (Å²) in [7, 11) is 0. The van der Waals surface area contributed by atoms with Crippen molar-refractivity contribution in [3.63, 3.8) is 0 Å². The van der Waals surface area contributed by atoms with Gasteiger partial charge in [-0.1, -0.05) is 48.1 Å². The van der Waals surface area contributed by atoms with Gasteiger partial charge in [-0.05, 0) is 25.8 Å². The van der Waals surface area contributed by atoms with Crippen molar-refractivity contribution in [2.24, 2.45) is 0 Å². The Bertz CT molecular complexity index is 530. The molecule has 0 aliphatic rings.